The summed E-state index contributed by atoms with van der Waals surface area (Å²) in [6.07, 6.45) is -0.0350. The molecule has 0 radical (unpaired) electrons. The number of nitrogens with two attached hydrogens (primary N) is 1. The lowest BCUT2D eigenvalue weighted by Crippen LogP contribution is -2.24. The van der Waals surface area contributed by atoms with E-state index in [1.807, 2.05) is 33.8 Å². The first-order valence-electron chi connectivity index (χ1n) is 7.97. The van der Waals surface area contributed by atoms with Crippen LogP contribution in [0.5, 0.6) is 0 Å². The molecule has 0 aliphatic heterocycles. The van der Waals surface area contributed by atoms with Crippen molar-refractivity contribution in [2.75, 3.05) is 0 Å². The molecule has 2 N–H and O–H groups in total. The summed E-state index contributed by atoms with van der Waals surface area (Å²) in [5.74, 6) is 0.131. The van der Waals surface area contributed by atoms with Crippen molar-refractivity contribution in [1.82, 2.24) is 19.7 Å². The number of halogens is 1. The molecule has 2 heterocycles. The number of nitrogens with zero attached hydrogens (tertiary/aromatic N) is 4. The van der Waals surface area contributed by atoms with Gasteiger partial charge in [0, 0.05) is 22.7 Å². The Balaban J connectivity index is 2.30. The SMILES string of the molecule is Cc1cc(-c2nc(CC(N)=O)nn2C(C)(C)C)c2ccc(F)cc2n1. The molecule has 25 heavy (non-hydrogen) atoms. The lowest BCUT2D eigenvalue weighted by molar-refractivity contribution is -0.117. The fraction of sp³-hybridized carbons (Fsp3) is 0.333. The van der Waals surface area contributed by atoms with Gasteiger partial charge in [-0.3, -0.25) is 9.78 Å². The summed E-state index contributed by atoms with van der Waals surface area (Å²) in [7, 11) is 0. The van der Waals surface area contributed by atoms with Crippen LogP contribution in [-0.2, 0) is 16.8 Å². The predicted octanol–water partition coefficient (Wildman–Crippen LogP) is 2.72. The van der Waals surface area contributed by atoms with Gasteiger partial charge in [-0.05, 0) is 45.9 Å². The Morgan fingerprint density at radius 2 is 1.96 bits per heavy atom. The molecule has 0 unspecified atom stereocenters. The fourth-order valence-electron chi connectivity index (χ4n) is 2.75. The standard InChI is InChI=1S/C18H20FN5O/c1-10-7-13(12-6-5-11(19)8-14(12)21-10)17-22-16(9-15(20)25)23-24(17)18(2,3)4/h5-8H,9H2,1-4H3,(H2,20,25). The zero-order valence-electron chi connectivity index (χ0n) is 14.7. The number of primary amides is 1. The van der Waals surface area contributed by atoms with Gasteiger partial charge in [-0.1, -0.05) is 0 Å². The maximum atomic E-state index is 13.6. The first kappa shape index (κ1) is 17.0. The van der Waals surface area contributed by atoms with Crippen LogP contribution in [0.25, 0.3) is 22.3 Å². The third kappa shape index (κ3) is 3.35. The molecule has 0 spiro atoms. The highest BCUT2D eigenvalue weighted by molar-refractivity contribution is 5.93. The van der Waals surface area contributed by atoms with Crippen LogP contribution in [0, 0.1) is 12.7 Å². The Hall–Kier alpha value is -2.83. The second kappa shape index (κ2) is 5.91. The number of hydrogen-bond donors (Lipinski definition) is 1. The van der Waals surface area contributed by atoms with Crippen molar-refractivity contribution in [3.63, 3.8) is 0 Å². The summed E-state index contributed by atoms with van der Waals surface area (Å²) < 4.78 is 15.4. The summed E-state index contributed by atoms with van der Waals surface area (Å²) in [6.45, 7) is 7.83. The normalized spacial score (nSPS) is 11.9. The Morgan fingerprint density at radius 1 is 1.24 bits per heavy atom. The van der Waals surface area contributed by atoms with Gasteiger partial charge in [-0.25, -0.2) is 14.1 Å². The molecule has 0 saturated carbocycles. The minimum atomic E-state index is -0.490. The Kier molecular flexibility index (Phi) is 4.02. The minimum Gasteiger partial charge on any atom is -0.369 e. The van der Waals surface area contributed by atoms with Gasteiger partial charge < -0.3 is 5.73 Å². The van der Waals surface area contributed by atoms with Crippen molar-refractivity contribution in [3.8, 4) is 11.4 Å². The van der Waals surface area contributed by atoms with Crippen LogP contribution in [0.3, 0.4) is 0 Å². The van der Waals surface area contributed by atoms with Gasteiger partial charge in [0.2, 0.25) is 5.91 Å². The van der Waals surface area contributed by atoms with Crippen molar-refractivity contribution in [3.05, 3.63) is 41.6 Å². The van der Waals surface area contributed by atoms with E-state index >= 15 is 0 Å². The molecular weight excluding hydrogens is 321 g/mol. The maximum Gasteiger partial charge on any atom is 0.225 e. The van der Waals surface area contributed by atoms with Crippen molar-refractivity contribution in [2.24, 2.45) is 5.73 Å². The van der Waals surface area contributed by atoms with Gasteiger partial charge in [0.15, 0.2) is 11.6 Å². The van der Waals surface area contributed by atoms with Crippen molar-refractivity contribution in [1.29, 1.82) is 0 Å². The van der Waals surface area contributed by atoms with E-state index in [0.717, 1.165) is 16.6 Å². The molecule has 3 aromatic rings. The molecular formula is C18H20FN5O. The molecule has 1 aromatic carbocycles. The highest BCUT2D eigenvalue weighted by atomic mass is 19.1. The number of hydrogen-bond acceptors (Lipinski definition) is 4. The van der Waals surface area contributed by atoms with E-state index in [4.69, 9.17) is 5.73 Å². The number of carbonyl (C=O) groups excluding carboxylic acids is 1. The summed E-state index contributed by atoms with van der Waals surface area (Å²) in [4.78, 5) is 20.2. The Bertz CT molecular complexity index is 966. The number of amides is 1. The average molecular weight is 341 g/mol. The number of aromatic nitrogens is 4. The van der Waals surface area contributed by atoms with Gasteiger partial charge in [-0.15, -0.1) is 0 Å². The highest BCUT2D eigenvalue weighted by Crippen LogP contribution is 2.31. The van der Waals surface area contributed by atoms with Gasteiger partial charge in [-0.2, -0.15) is 5.10 Å². The molecule has 0 saturated heterocycles. The molecule has 7 heteroatoms. The van der Waals surface area contributed by atoms with Gasteiger partial charge in [0.1, 0.15) is 5.82 Å². The number of carbonyl (C=O) groups is 1. The lowest BCUT2D eigenvalue weighted by atomic mass is 10.0. The van der Waals surface area contributed by atoms with Crippen LogP contribution in [0.2, 0.25) is 0 Å². The molecule has 1 amide bonds. The number of benzene rings is 1. The Labute approximate surface area is 144 Å². The summed E-state index contributed by atoms with van der Waals surface area (Å²) in [6, 6.07) is 6.36. The zero-order valence-corrected chi connectivity index (χ0v) is 14.7. The van der Waals surface area contributed by atoms with E-state index in [2.05, 4.69) is 15.1 Å². The van der Waals surface area contributed by atoms with E-state index in [0.29, 0.717) is 17.2 Å². The zero-order chi connectivity index (χ0) is 18.4. The second-order valence-corrected chi connectivity index (χ2v) is 7.05. The van der Waals surface area contributed by atoms with Crippen molar-refractivity contribution >= 4 is 16.8 Å². The van der Waals surface area contributed by atoms with Gasteiger partial charge in [0.25, 0.3) is 0 Å². The first-order valence-corrected chi connectivity index (χ1v) is 7.97. The quantitative estimate of drug-likeness (QED) is 0.793. The minimum absolute atomic E-state index is 0.0350. The number of fused-ring (bicyclic) bond motifs is 1. The smallest absolute Gasteiger partial charge is 0.225 e. The lowest BCUT2D eigenvalue weighted by Gasteiger charge is -2.21. The molecule has 0 fully saturated rings. The fourth-order valence-corrected chi connectivity index (χ4v) is 2.75. The van der Waals surface area contributed by atoms with Gasteiger partial charge in [0.05, 0.1) is 17.5 Å². The topological polar surface area (TPSA) is 86.7 Å². The van der Waals surface area contributed by atoms with Crippen LogP contribution in [-0.4, -0.2) is 25.7 Å². The van der Waals surface area contributed by atoms with Crippen LogP contribution in [0.1, 0.15) is 32.3 Å². The highest BCUT2D eigenvalue weighted by Gasteiger charge is 2.24. The summed E-state index contributed by atoms with van der Waals surface area (Å²) in [5, 5.41) is 5.24. The van der Waals surface area contributed by atoms with E-state index in [1.165, 1.54) is 12.1 Å². The van der Waals surface area contributed by atoms with Gasteiger partial charge >= 0.3 is 0 Å². The van der Waals surface area contributed by atoms with Crippen LogP contribution >= 0.6 is 0 Å². The molecule has 6 nitrogen and oxygen atoms in total. The van der Waals surface area contributed by atoms with Crippen molar-refractivity contribution in [2.45, 2.75) is 39.7 Å². The van der Waals surface area contributed by atoms with Crippen molar-refractivity contribution < 1.29 is 9.18 Å². The van der Waals surface area contributed by atoms with Crippen LogP contribution in [0.15, 0.2) is 24.3 Å². The largest absolute Gasteiger partial charge is 0.369 e. The third-order valence-electron chi connectivity index (χ3n) is 3.76. The monoisotopic (exact) mass is 341 g/mol. The molecule has 0 bridgehead atoms. The Morgan fingerprint density at radius 3 is 2.60 bits per heavy atom. The molecule has 0 aliphatic carbocycles. The number of aryl methyl sites for hydroxylation is 1. The molecule has 130 valence electrons. The van der Waals surface area contributed by atoms with Crippen LogP contribution in [0.4, 0.5) is 4.39 Å². The molecule has 3 rings (SSSR count). The second-order valence-electron chi connectivity index (χ2n) is 7.05. The predicted molar refractivity (Wildman–Crippen MR) is 93.3 cm³/mol. The third-order valence-corrected chi connectivity index (χ3v) is 3.76. The maximum absolute atomic E-state index is 13.6. The van der Waals surface area contributed by atoms with E-state index in [-0.39, 0.29) is 17.8 Å². The average Bonchev–Trinajstić information content (AvgIpc) is 2.88. The summed E-state index contributed by atoms with van der Waals surface area (Å²) >= 11 is 0. The number of pyridine rings is 1. The van der Waals surface area contributed by atoms with E-state index < -0.39 is 5.91 Å². The molecule has 0 atom stereocenters. The summed E-state index contributed by atoms with van der Waals surface area (Å²) in [5.41, 5.74) is 7.01. The first-order chi connectivity index (χ1) is 11.6. The molecule has 0 aliphatic rings. The number of rotatable bonds is 3. The molecule has 2 aromatic heterocycles. The van der Waals surface area contributed by atoms with Crippen LogP contribution < -0.4 is 5.73 Å². The van der Waals surface area contributed by atoms with E-state index in [1.54, 1.807) is 10.7 Å². The van der Waals surface area contributed by atoms with E-state index in [9.17, 15) is 9.18 Å².